The van der Waals surface area contributed by atoms with Gasteiger partial charge in [-0.15, -0.1) is 0 Å². The monoisotopic (exact) mass is 248 g/mol. The minimum absolute atomic E-state index is 0.141. The first-order valence-corrected chi connectivity index (χ1v) is 5.29. The Hall–Kier alpha value is -2.00. The van der Waals surface area contributed by atoms with Crippen LogP contribution in [0.5, 0.6) is 0 Å². The summed E-state index contributed by atoms with van der Waals surface area (Å²) in [4.78, 5) is 11.2. The fourth-order valence-electron chi connectivity index (χ4n) is 1.44. The van der Waals surface area contributed by atoms with Crippen LogP contribution in [0.1, 0.15) is 11.3 Å². The number of aliphatic carboxylic acids is 1. The second kappa shape index (κ2) is 4.89. The molecule has 86 valence electrons. The number of rotatable bonds is 3. The summed E-state index contributed by atoms with van der Waals surface area (Å²) < 4.78 is 5.09. The summed E-state index contributed by atoms with van der Waals surface area (Å²) in [6, 6.07) is 10.1. The Morgan fingerprint density at radius 3 is 2.71 bits per heavy atom. The number of carboxylic acid groups (broad SMARTS) is 1. The second-order valence-electron chi connectivity index (χ2n) is 3.39. The van der Waals surface area contributed by atoms with E-state index in [-0.39, 0.29) is 5.57 Å². The van der Waals surface area contributed by atoms with Gasteiger partial charge in [-0.1, -0.05) is 23.7 Å². The number of halogens is 1. The van der Waals surface area contributed by atoms with Gasteiger partial charge in [-0.3, -0.25) is 0 Å². The third-order valence-electron chi connectivity index (χ3n) is 2.20. The highest BCUT2D eigenvalue weighted by Crippen LogP contribution is 2.21. The highest BCUT2D eigenvalue weighted by atomic mass is 35.5. The van der Waals surface area contributed by atoms with E-state index in [1.54, 1.807) is 36.4 Å². The predicted octanol–water partition coefficient (Wildman–Crippen LogP) is 3.56. The SMILES string of the molecule is O=C(O)/C(=C/c1ccco1)c1cccc(Cl)c1. The molecule has 0 aliphatic carbocycles. The number of benzene rings is 1. The van der Waals surface area contributed by atoms with E-state index in [4.69, 9.17) is 21.1 Å². The highest BCUT2D eigenvalue weighted by Gasteiger charge is 2.11. The largest absolute Gasteiger partial charge is 0.478 e. The smallest absolute Gasteiger partial charge is 0.336 e. The van der Waals surface area contributed by atoms with Crippen molar-refractivity contribution in [1.82, 2.24) is 0 Å². The van der Waals surface area contributed by atoms with Gasteiger partial charge >= 0.3 is 5.97 Å². The fourth-order valence-corrected chi connectivity index (χ4v) is 1.63. The van der Waals surface area contributed by atoms with Crippen molar-refractivity contribution in [3.8, 4) is 0 Å². The average molecular weight is 249 g/mol. The lowest BCUT2D eigenvalue weighted by atomic mass is 10.1. The van der Waals surface area contributed by atoms with Crippen LogP contribution in [-0.4, -0.2) is 11.1 Å². The maximum absolute atomic E-state index is 11.2. The van der Waals surface area contributed by atoms with Gasteiger partial charge in [-0.25, -0.2) is 4.79 Å². The summed E-state index contributed by atoms with van der Waals surface area (Å²) >= 11 is 5.83. The third kappa shape index (κ3) is 2.77. The minimum Gasteiger partial charge on any atom is -0.478 e. The molecular weight excluding hydrogens is 240 g/mol. The summed E-state index contributed by atoms with van der Waals surface area (Å²) in [6.45, 7) is 0. The van der Waals surface area contributed by atoms with Crippen molar-refractivity contribution >= 4 is 29.2 Å². The van der Waals surface area contributed by atoms with Crippen molar-refractivity contribution in [3.63, 3.8) is 0 Å². The molecule has 0 saturated carbocycles. The van der Waals surface area contributed by atoms with Crippen LogP contribution < -0.4 is 0 Å². The Balaban J connectivity index is 2.46. The van der Waals surface area contributed by atoms with Crippen LogP contribution in [0.4, 0.5) is 0 Å². The molecule has 4 heteroatoms. The maximum Gasteiger partial charge on any atom is 0.336 e. The zero-order valence-corrected chi connectivity index (χ0v) is 9.52. The van der Waals surface area contributed by atoms with Crippen molar-refractivity contribution in [3.05, 3.63) is 59.0 Å². The van der Waals surface area contributed by atoms with Crippen LogP contribution in [0.2, 0.25) is 5.02 Å². The van der Waals surface area contributed by atoms with Gasteiger partial charge in [0.25, 0.3) is 0 Å². The van der Waals surface area contributed by atoms with Crippen molar-refractivity contribution in [2.75, 3.05) is 0 Å². The standard InChI is InChI=1S/C13H9ClO3/c14-10-4-1-3-9(7-10)12(13(15)16)8-11-5-2-6-17-11/h1-8H,(H,15,16)/b12-8+. The number of furan rings is 1. The molecule has 1 aromatic carbocycles. The van der Waals surface area contributed by atoms with E-state index >= 15 is 0 Å². The number of hydrogen-bond donors (Lipinski definition) is 1. The molecule has 17 heavy (non-hydrogen) atoms. The maximum atomic E-state index is 11.2. The average Bonchev–Trinajstić information content (AvgIpc) is 2.78. The molecule has 2 rings (SSSR count). The van der Waals surface area contributed by atoms with Gasteiger partial charge in [0.2, 0.25) is 0 Å². The van der Waals surface area contributed by atoms with Gasteiger partial charge in [0.15, 0.2) is 0 Å². The molecule has 0 bridgehead atoms. The molecule has 1 heterocycles. The first kappa shape index (κ1) is 11.5. The van der Waals surface area contributed by atoms with Crippen LogP contribution >= 0.6 is 11.6 Å². The number of carboxylic acids is 1. The molecule has 0 amide bonds. The summed E-state index contributed by atoms with van der Waals surface area (Å²) in [6.07, 6.45) is 2.96. The molecule has 0 aliphatic heterocycles. The molecule has 0 aliphatic rings. The molecule has 0 spiro atoms. The summed E-state index contributed by atoms with van der Waals surface area (Å²) in [5.74, 6) is -0.536. The Kier molecular flexibility index (Phi) is 3.30. The van der Waals surface area contributed by atoms with Crippen LogP contribution in [-0.2, 0) is 4.79 Å². The van der Waals surface area contributed by atoms with E-state index in [0.717, 1.165) is 0 Å². The number of carbonyl (C=O) groups is 1. The predicted molar refractivity (Wildman–Crippen MR) is 65.7 cm³/mol. The summed E-state index contributed by atoms with van der Waals surface area (Å²) in [5.41, 5.74) is 0.684. The Labute approximate surface area is 103 Å². The Bertz CT molecular complexity index is 556. The van der Waals surface area contributed by atoms with Gasteiger partial charge in [0, 0.05) is 5.02 Å². The summed E-state index contributed by atoms with van der Waals surface area (Å²) in [7, 11) is 0. The molecule has 0 fully saturated rings. The summed E-state index contributed by atoms with van der Waals surface area (Å²) in [5, 5.41) is 9.66. The molecule has 0 radical (unpaired) electrons. The van der Waals surface area contributed by atoms with Crippen LogP contribution in [0.15, 0.2) is 47.1 Å². The van der Waals surface area contributed by atoms with Crippen molar-refractivity contribution in [2.45, 2.75) is 0 Å². The molecule has 1 aromatic heterocycles. The van der Waals surface area contributed by atoms with E-state index in [0.29, 0.717) is 16.3 Å². The van der Waals surface area contributed by atoms with Gasteiger partial charge < -0.3 is 9.52 Å². The van der Waals surface area contributed by atoms with Crippen LogP contribution in [0.3, 0.4) is 0 Å². The van der Waals surface area contributed by atoms with E-state index in [1.807, 2.05) is 0 Å². The van der Waals surface area contributed by atoms with Crippen molar-refractivity contribution in [2.24, 2.45) is 0 Å². The zero-order chi connectivity index (χ0) is 12.3. The van der Waals surface area contributed by atoms with E-state index < -0.39 is 5.97 Å². The topological polar surface area (TPSA) is 50.4 Å². The Morgan fingerprint density at radius 2 is 2.12 bits per heavy atom. The first-order chi connectivity index (χ1) is 8.16. The lowest BCUT2D eigenvalue weighted by Crippen LogP contribution is -1.99. The lowest BCUT2D eigenvalue weighted by Gasteiger charge is -2.02. The lowest BCUT2D eigenvalue weighted by molar-refractivity contribution is -0.130. The van der Waals surface area contributed by atoms with Crippen LogP contribution in [0, 0.1) is 0 Å². The molecule has 0 atom stereocenters. The van der Waals surface area contributed by atoms with Gasteiger partial charge in [-0.2, -0.15) is 0 Å². The molecule has 1 N–H and O–H groups in total. The quantitative estimate of drug-likeness (QED) is 0.845. The zero-order valence-electron chi connectivity index (χ0n) is 8.76. The molecule has 0 unspecified atom stereocenters. The van der Waals surface area contributed by atoms with Gasteiger partial charge in [0.1, 0.15) is 5.76 Å². The fraction of sp³-hybridized carbons (Fsp3) is 0. The molecular formula is C13H9ClO3. The van der Waals surface area contributed by atoms with Crippen LogP contribution in [0.25, 0.3) is 11.6 Å². The van der Waals surface area contributed by atoms with Gasteiger partial charge in [0.05, 0.1) is 11.8 Å². The first-order valence-electron chi connectivity index (χ1n) is 4.91. The Morgan fingerprint density at radius 1 is 1.29 bits per heavy atom. The van der Waals surface area contributed by atoms with E-state index in [1.165, 1.54) is 12.3 Å². The third-order valence-corrected chi connectivity index (χ3v) is 2.43. The molecule has 3 nitrogen and oxygen atoms in total. The minimum atomic E-state index is -1.02. The second-order valence-corrected chi connectivity index (χ2v) is 3.83. The van der Waals surface area contributed by atoms with Gasteiger partial charge in [-0.05, 0) is 35.9 Å². The number of hydrogen-bond acceptors (Lipinski definition) is 2. The normalized spacial score (nSPS) is 11.5. The van der Waals surface area contributed by atoms with E-state index in [2.05, 4.69) is 0 Å². The van der Waals surface area contributed by atoms with Crippen molar-refractivity contribution in [1.29, 1.82) is 0 Å². The van der Waals surface area contributed by atoms with E-state index in [9.17, 15) is 4.79 Å². The van der Waals surface area contributed by atoms with Crippen molar-refractivity contribution < 1.29 is 14.3 Å². The molecule has 2 aromatic rings. The highest BCUT2D eigenvalue weighted by molar-refractivity contribution is 6.31. The molecule has 0 saturated heterocycles.